The topological polar surface area (TPSA) is 58.2 Å². The van der Waals surface area contributed by atoms with Crippen molar-refractivity contribution in [3.8, 4) is 0 Å². The number of hydrogen-bond donors (Lipinski definition) is 2. The van der Waals surface area contributed by atoms with Crippen LogP contribution in [0.1, 0.15) is 38.8 Å². The van der Waals surface area contributed by atoms with Crippen LogP contribution in [0.15, 0.2) is 72.8 Å². The molecule has 0 saturated carbocycles. The van der Waals surface area contributed by atoms with Gasteiger partial charge in [-0.05, 0) is 54.8 Å². The highest BCUT2D eigenvalue weighted by molar-refractivity contribution is 6.09. The lowest BCUT2D eigenvalue weighted by molar-refractivity contribution is 0.102. The molecule has 0 unspecified atom stereocenters. The first-order valence-electron chi connectivity index (χ1n) is 8.94. The molecule has 27 heavy (non-hydrogen) atoms. The highest BCUT2D eigenvalue weighted by Crippen LogP contribution is 2.18. The molecule has 0 fully saturated rings. The summed E-state index contributed by atoms with van der Waals surface area (Å²) in [5.41, 5.74) is 4.48. The van der Waals surface area contributed by atoms with Gasteiger partial charge in [0.25, 0.3) is 11.8 Å². The van der Waals surface area contributed by atoms with E-state index < -0.39 is 0 Å². The number of carbonyl (C=O) groups excluding carboxylic acids is 2. The second-order valence-corrected chi connectivity index (χ2v) is 6.31. The van der Waals surface area contributed by atoms with Gasteiger partial charge >= 0.3 is 0 Å². The molecule has 0 atom stereocenters. The first kappa shape index (κ1) is 18.4. The molecule has 0 saturated heterocycles. The van der Waals surface area contributed by atoms with Crippen LogP contribution < -0.4 is 10.6 Å². The highest BCUT2D eigenvalue weighted by atomic mass is 16.2. The van der Waals surface area contributed by atoms with Gasteiger partial charge in [-0.15, -0.1) is 0 Å². The highest BCUT2D eigenvalue weighted by Gasteiger charge is 2.12. The smallest absolute Gasteiger partial charge is 0.255 e. The number of hydrogen-bond acceptors (Lipinski definition) is 2. The molecule has 3 aromatic rings. The van der Waals surface area contributed by atoms with E-state index in [2.05, 4.69) is 10.6 Å². The SMILES string of the molecule is CCc1ccccc1NC(=O)c1cccc(C(=O)Nc2ccccc2C)c1. The van der Waals surface area contributed by atoms with Crippen molar-refractivity contribution >= 4 is 23.2 Å². The lowest BCUT2D eigenvalue weighted by atomic mass is 10.1. The van der Waals surface area contributed by atoms with E-state index in [1.54, 1.807) is 24.3 Å². The average molecular weight is 358 g/mol. The van der Waals surface area contributed by atoms with Crippen LogP contribution >= 0.6 is 0 Å². The van der Waals surface area contributed by atoms with Crippen molar-refractivity contribution in [3.05, 3.63) is 95.1 Å². The second kappa shape index (κ2) is 8.32. The summed E-state index contributed by atoms with van der Waals surface area (Å²) in [7, 11) is 0. The third-order valence-electron chi connectivity index (χ3n) is 4.43. The molecule has 0 spiro atoms. The van der Waals surface area contributed by atoms with Gasteiger partial charge in [-0.25, -0.2) is 0 Å². The summed E-state index contributed by atoms with van der Waals surface area (Å²) in [5.74, 6) is -0.477. The number of para-hydroxylation sites is 2. The Bertz CT molecular complexity index is 979. The maximum atomic E-state index is 12.6. The molecular formula is C23H22N2O2. The Kier molecular flexibility index (Phi) is 5.67. The summed E-state index contributed by atoms with van der Waals surface area (Å²) < 4.78 is 0. The minimum Gasteiger partial charge on any atom is -0.322 e. The minimum absolute atomic E-state index is 0.235. The summed E-state index contributed by atoms with van der Waals surface area (Å²) in [4.78, 5) is 25.2. The van der Waals surface area contributed by atoms with Crippen LogP contribution in [-0.2, 0) is 6.42 Å². The minimum atomic E-state index is -0.243. The molecule has 136 valence electrons. The molecule has 2 amide bonds. The van der Waals surface area contributed by atoms with E-state index in [0.29, 0.717) is 11.1 Å². The second-order valence-electron chi connectivity index (χ2n) is 6.31. The maximum absolute atomic E-state index is 12.6. The van der Waals surface area contributed by atoms with Crippen molar-refractivity contribution in [3.63, 3.8) is 0 Å². The van der Waals surface area contributed by atoms with E-state index in [0.717, 1.165) is 28.9 Å². The summed E-state index contributed by atoms with van der Waals surface area (Å²) in [6, 6.07) is 22.0. The molecule has 2 N–H and O–H groups in total. The van der Waals surface area contributed by atoms with Crippen LogP contribution in [-0.4, -0.2) is 11.8 Å². The Balaban J connectivity index is 1.77. The third kappa shape index (κ3) is 4.42. The van der Waals surface area contributed by atoms with Gasteiger partial charge in [0.15, 0.2) is 0 Å². The molecule has 0 aliphatic heterocycles. The van der Waals surface area contributed by atoms with Gasteiger partial charge < -0.3 is 10.6 Å². The van der Waals surface area contributed by atoms with E-state index >= 15 is 0 Å². The standard InChI is InChI=1S/C23H22N2O2/c1-3-17-10-5-7-14-21(17)25-23(27)19-12-8-11-18(15-19)22(26)24-20-13-6-4-9-16(20)2/h4-15H,3H2,1-2H3,(H,24,26)(H,25,27). The molecular weight excluding hydrogens is 336 g/mol. The van der Waals surface area contributed by atoms with Crippen molar-refractivity contribution in [1.82, 2.24) is 0 Å². The Morgan fingerprint density at radius 1 is 0.741 bits per heavy atom. The zero-order chi connectivity index (χ0) is 19.2. The van der Waals surface area contributed by atoms with Crippen LogP contribution in [0, 0.1) is 6.92 Å². The zero-order valence-electron chi connectivity index (χ0n) is 15.5. The Labute approximate surface area is 159 Å². The average Bonchev–Trinajstić information content (AvgIpc) is 2.70. The number of carbonyl (C=O) groups is 2. The number of anilines is 2. The number of nitrogens with one attached hydrogen (secondary N) is 2. The summed E-state index contributed by atoms with van der Waals surface area (Å²) in [6.07, 6.45) is 0.829. The quantitative estimate of drug-likeness (QED) is 0.669. The van der Waals surface area contributed by atoms with Gasteiger partial charge in [0.1, 0.15) is 0 Å². The molecule has 3 rings (SSSR count). The largest absolute Gasteiger partial charge is 0.322 e. The molecule has 0 heterocycles. The molecule has 4 nitrogen and oxygen atoms in total. The number of amides is 2. The van der Waals surface area contributed by atoms with E-state index in [1.807, 2.05) is 62.4 Å². The fourth-order valence-corrected chi connectivity index (χ4v) is 2.85. The number of benzene rings is 3. The summed E-state index contributed by atoms with van der Waals surface area (Å²) in [6.45, 7) is 3.98. The van der Waals surface area contributed by atoms with Gasteiger partial charge in [-0.3, -0.25) is 9.59 Å². The van der Waals surface area contributed by atoms with E-state index in [9.17, 15) is 9.59 Å². The monoisotopic (exact) mass is 358 g/mol. The van der Waals surface area contributed by atoms with Crippen molar-refractivity contribution in [2.75, 3.05) is 10.6 Å². The molecule has 0 radical (unpaired) electrons. The maximum Gasteiger partial charge on any atom is 0.255 e. The van der Waals surface area contributed by atoms with Crippen LogP contribution in [0.5, 0.6) is 0 Å². The molecule has 0 aliphatic rings. The first-order valence-corrected chi connectivity index (χ1v) is 8.94. The van der Waals surface area contributed by atoms with Crippen molar-refractivity contribution in [1.29, 1.82) is 0 Å². The van der Waals surface area contributed by atoms with E-state index in [-0.39, 0.29) is 11.8 Å². The van der Waals surface area contributed by atoms with Crippen molar-refractivity contribution < 1.29 is 9.59 Å². The Morgan fingerprint density at radius 2 is 1.30 bits per heavy atom. The lowest BCUT2D eigenvalue weighted by Gasteiger charge is -2.11. The van der Waals surface area contributed by atoms with E-state index in [4.69, 9.17) is 0 Å². The van der Waals surface area contributed by atoms with Gasteiger partial charge in [0.2, 0.25) is 0 Å². The van der Waals surface area contributed by atoms with Gasteiger partial charge in [-0.2, -0.15) is 0 Å². The molecule has 0 bridgehead atoms. The van der Waals surface area contributed by atoms with E-state index in [1.165, 1.54) is 0 Å². The predicted octanol–water partition coefficient (Wildman–Crippen LogP) is 5.06. The number of aryl methyl sites for hydroxylation is 2. The third-order valence-corrected chi connectivity index (χ3v) is 4.43. The molecule has 3 aromatic carbocycles. The zero-order valence-corrected chi connectivity index (χ0v) is 15.5. The Hall–Kier alpha value is -3.40. The van der Waals surface area contributed by atoms with Crippen LogP contribution in [0.4, 0.5) is 11.4 Å². The van der Waals surface area contributed by atoms with Gasteiger partial charge in [0.05, 0.1) is 0 Å². The van der Waals surface area contributed by atoms with Crippen molar-refractivity contribution in [2.45, 2.75) is 20.3 Å². The molecule has 0 aliphatic carbocycles. The van der Waals surface area contributed by atoms with Crippen LogP contribution in [0.3, 0.4) is 0 Å². The first-order chi connectivity index (χ1) is 13.1. The molecule has 0 aromatic heterocycles. The van der Waals surface area contributed by atoms with Gasteiger partial charge in [0, 0.05) is 22.5 Å². The number of rotatable bonds is 5. The van der Waals surface area contributed by atoms with Crippen molar-refractivity contribution in [2.24, 2.45) is 0 Å². The fraction of sp³-hybridized carbons (Fsp3) is 0.130. The van der Waals surface area contributed by atoms with Gasteiger partial charge in [-0.1, -0.05) is 49.4 Å². The summed E-state index contributed by atoms with van der Waals surface area (Å²) >= 11 is 0. The van der Waals surface area contributed by atoms with Crippen LogP contribution in [0.2, 0.25) is 0 Å². The lowest BCUT2D eigenvalue weighted by Crippen LogP contribution is -2.16. The van der Waals surface area contributed by atoms with Crippen LogP contribution in [0.25, 0.3) is 0 Å². The summed E-state index contributed by atoms with van der Waals surface area (Å²) in [5, 5.41) is 5.82. The molecule has 4 heteroatoms. The fourth-order valence-electron chi connectivity index (χ4n) is 2.85. The normalized spacial score (nSPS) is 10.3. The predicted molar refractivity (Wildman–Crippen MR) is 109 cm³/mol. The Morgan fingerprint density at radius 3 is 1.93 bits per heavy atom.